The van der Waals surface area contributed by atoms with E-state index in [1.807, 2.05) is 12.1 Å². The normalized spacial score (nSPS) is 10.8. The fourth-order valence-corrected chi connectivity index (χ4v) is 2.44. The third-order valence-corrected chi connectivity index (χ3v) is 3.69. The maximum atomic E-state index is 12.2. The van der Waals surface area contributed by atoms with Crippen molar-refractivity contribution in [2.75, 3.05) is 6.54 Å². The molecule has 1 aromatic heterocycles. The highest BCUT2D eigenvalue weighted by molar-refractivity contribution is 5.63. The zero-order valence-electron chi connectivity index (χ0n) is 13.1. The van der Waals surface area contributed by atoms with Gasteiger partial charge in [0.15, 0.2) is 0 Å². The summed E-state index contributed by atoms with van der Waals surface area (Å²) < 4.78 is 0. The van der Waals surface area contributed by atoms with E-state index in [2.05, 4.69) is 49.3 Å². The number of aromatic amines is 1. The van der Waals surface area contributed by atoms with E-state index in [0.717, 1.165) is 36.2 Å². The van der Waals surface area contributed by atoms with Crippen LogP contribution in [0.2, 0.25) is 0 Å². The molecule has 2 rings (SSSR count). The molecule has 0 saturated heterocycles. The van der Waals surface area contributed by atoms with Crippen molar-refractivity contribution in [3.8, 4) is 11.3 Å². The molecule has 0 aliphatic rings. The predicted octanol–water partition coefficient (Wildman–Crippen LogP) is 3.55. The molecule has 0 aliphatic carbocycles. The molecule has 0 saturated carbocycles. The lowest BCUT2D eigenvalue weighted by molar-refractivity contribution is 0.638. The number of H-pyrrole nitrogens is 1. The van der Waals surface area contributed by atoms with Crippen molar-refractivity contribution in [2.24, 2.45) is 0 Å². The van der Waals surface area contributed by atoms with Crippen molar-refractivity contribution in [2.45, 2.75) is 40.2 Å². The van der Waals surface area contributed by atoms with Crippen LogP contribution < -0.4 is 10.9 Å². The van der Waals surface area contributed by atoms with Gasteiger partial charge in [0.25, 0.3) is 5.56 Å². The highest BCUT2D eigenvalue weighted by atomic mass is 16.1. The van der Waals surface area contributed by atoms with E-state index in [-0.39, 0.29) is 5.56 Å². The summed E-state index contributed by atoms with van der Waals surface area (Å²) in [6, 6.07) is 10.2. The van der Waals surface area contributed by atoms with Gasteiger partial charge in [0, 0.05) is 23.4 Å². The topological polar surface area (TPSA) is 44.9 Å². The van der Waals surface area contributed by atoms with Crippen LogP contribution in [0.25, 0.3) is 11.3 Å². The van der Waals surface area contributed by atoms with Crippen molar-refractivity contribution in [1.82, 2.24) is 10.3 Å². The number of benzene rings is 1. The number of rotatable bonds is 6. The molecule has 1 heterocycles. The predicted molar refractivity (Wildman–Crippen MR) is 88.6 cm³/mol. The molecule has 1 aromatic carbocycles. The third kappa shape index (κ3) is 4.05. The molecule has 0 radical (unpaired) electrons. The fraction of sp³-hybridized carbons (Fsp3) is 0.389. The Morgan fingerprint density at radius 1 is 1.14 bits per heavy atom. The maximum Gasteiger partial charge on any atom is 0.252 e. The molecular formula is C18H24N2O. The monoisotopic (exact) mass is 284 g/mol. The molecule has 2 N–H and O–H groups in total. The first-order chi connectivity index (χ1) is 10.1. The molecule has 3 nitrogen and oxygen atoms in total. The Bertz CT molecular complexity index is 659. The summed E-state index contributed by atoms with van der Waals surface area (Å²) >= 11 is 0. The number of nitrogens with one attached hydrogen (secondary N) is 2. The Balaban J connectivity index is 2.17. The summed E-state index contributed by atoms with van der Waals surface area (Å²) in [7, 11) is 0. The molecule has 2 aromatic rings. The molecule has 21 heavy (non-hydrogen) atoms. The highest BCUT2D eigenvalue weighted by Crippen LogP contribution is 2.21. The average Bonchev–Trinajstić information content (AvgIpc) is 2.45. The van der Waals surface area contributed by atoms with Gasteiger partial charge < -0.3 is 10.3 Å². The molecule has 3 heteroatoms. The quantitative estimate of drug-likeness (QED) is 0.797. The second kappa shape index (κ2) is 7.23. The Hall–Kier alpha value is -1.87. The lowest BCUT2D eigenvalue weighted by Crippen LogP contribution is -2.22. The third-order valence-electron chi connectivity index (χ3n) is 3.69. The minimum Gasteiger partial charge on any atom is -0.322 e. The van der Waals surface area contributed by atoms with Gasteiger partial charge >= 0.3 is 0 Å². The van der Waals surface area contributed by atoms with Crippen LogP contribution in [0.5, 0.6) is 0 Å². The van der Waals surface area contributed by atoms with Crippen molar-refractivity contribution in [3.63, 3.8) is 0 Å². The molecule has 0 aliphatic heterocycles. The SMILES string of the molecule is CCCCNCc1ccc(-c2ccc(C)cc2C)[nH]c1=O. The summed E-state index contributed by atoms with van der Waals surface area (Å²) in [5.74, 6) is 0. The van der Waals surface area contributed by atoms with E-state index in [9.17, 15) is 4.79 Å². The maximum absolute atomic E-state index is 12.2. The lowest BCUT2D eigenvalue weighted by atomic mass is 10.0. The summed E-state index contributed by atoms with van der Waals surface area (Å²) in [4.78, 5) is 15.2. The highest BCUT2D eigenvalue weighted by Gasteiger charge is 2.05. The van der Waals surface area contributed by atoms with Crippen LogP contribution in [0.15, 0.2) is 35.1 Å². The van der Waals surface area contributed by atoms with Crippen LogP contribution in [-0.2, 0) is 6.54 Å². The van der Waals surface area contributed by atoms with E-state index in [4.69, 9.17) is 0 Å². The van der Waals surface area contributed by atoms with E-state index in [0.29, 0.717) is 6.54 Å². The first-order valence-electron chi connectivity index (χ1n) is 7.62. The van der Waals surface area contributed by atoms with Gasteiger partial charge in [0.1, 0.15) is 0 Å². The average molecular weight is 284 g/mol. The van der Waals surface area contributed by atoms with Gasteiger partial charge in [-0.3, -0.25) is 4.79 Å². The Morgan fingerprint density at radius 2 is 1.95 bits per heavy atom. The Labute approximate surface area is 126 Å². The summed E-state index contributed by atoms with van der Waals surface area (Å²) in [6.45, 7) is 7.88. The smallest absolute Gasteiger partial charge is 0.252 e. The summed E-state index contributed by atoms with van der Waals surface area (Å²) in [6.07, 6.45) is 2.30. The van der Waals surface area contributed by atoms with Gasteiger partial charge in [-0.15, -0.1) is 0 Å². The van der Waals surface area contributed by atoms with Crippen molar-refractivity contribution >= 4 is 0 Å². The van der Waals surface area contributed by atoms with Crippen molar-refractivity contribution in [3.05, 3.63) is 57.4 Å². The molecule has 0 unspecified atom stereocenters. The summed E-state index contributed by atoms with van der Waals surface area (Å²) in [5, 5.41) is 3.30. The van der Waals surface area contributed by atoms with Crippen LogP contribution >= 0.6 is 0 Å². The minimum absolute atomic E-state index is 0.00327. The van der Waals surface area contributed by atoms with Gasteiger partial charge in [-0.1, -0.05) is 43.2 Å². The molecule has 0 bridgehead atoms. The van der Waals surface area contributed by atoms with Crippen LogP contribution in [0, 0.1) is 13.8 Å². The second-order valence-corrected chi connectivity index (χ2v) is 5.58. The molecule has 0 amide bonds. The molecule has 0 atom stereocenters. The van der Waals surface area contributed by atoms with Gasteiger partial charge in [-0.25, -0.2) is 0 Å². The van der Waals surface area contributed by atoms with E-state index in [1.165, 1.54) is 11.1 Å². The van der Waals surface area contributed by atoms with Crippen molar-refractivity contribution < 1.29 is 0 Å². The van der Waals surface area contributed by atoms with Gasteiger partial charge in [0.2, 0.25) is 0 Å². The van der Waals surface area contributed by atoms with E-state index < -0.39 is 0 Å². The molecule has 112 valence electrons. The first-order valence-corrected chi connectivity index (χ1v) is 7.62. The second-order valence-electron chi connectivity index (χ2n) is 5.58. The number of unbranched alkanes of at least 4 members (excludes halogenated alkanes) is 1. The van der Waals surface area contributed by atoms with E-state index >= 15 is 0 Å². The van der Waals surface area contributed by atoms with E-state index in [1.54, 1.807) is 0 Å². The number of aromatic nitrogens is 1. The fourth-order valence-electron chi connectivity index (χ4n) is 2.44. The Kier molecular flexibility index (Phi) is 5.34. The zero-order chi connectivity index (χ0) is 15.2. The number of hydrogen-bond donors (Lipinski definition) is 2. The number of hydrogen-bond acceptors (Lipinski definition) is 2. The van der Waals surface area contributed by atoms with Crippen LogP contribution in [0.1, 0.15) is 36.5 Å². The number of pyridine rings is 1. The van der Waals surface area contributed by atoms with Crippen LogP contribution in [-0.4, -0.2) is 11.5 Å². The van der Waals surface area contributed by atoms with Crippen LogP contribution in [0.3, 0.4) is 0 Å². The molecule has 0 fully saturated rings. The van der Waals surface area contributed by atoms with Gasteiger partial charge in [0.05, 0.1) is 0 Å². The molecule has 0 spiro atoms. The van der Waals surface area contributed by atoms with Gasteiger partial charge in [-0.2, -0.15) is 0 Å². The van der Waals surface area contributed by atoms with Crippen molar-refractivity contribution in [1.29, 1.82) is 0 Å². The standard InChI is InChI=1S/C18H24N2O/c1-4-5-10-19-12-15-7-9-17(20-18(15)21)16-8-6-13(2)11-14(16)3/h6-9,11,19H,4-5,10,12H2,1-3H3,(H,20,21). The largest absolute Gasteiger partial charge is 0.322 e. The van der Waals surface area contributed by atoms with Gasteiger partial charge in [-0.05, 0) is 38.4 Å². The number of aryl methyl sites for hydroxylation is 2. The minimum atomic E-state index is -0.00327. The lowest BCUT2D eigenvalue weighted by Gasteiger charge is -2.09. The molecular weight excluding hydrogens is 260 g/mol. The van der Waals surface area contributed by atoms with Crippen LogP contribution in [0.4, 0.5) is 0 Å². The zero-order valence-corrected chi connectivity index (χ0v) is 13.1. The Morgan fingerprint density at radius 3 is 2.62 bits per heavy atom. The first kappa shape index (κ1) is 15.5. The summed E-state index contributed by atoms with van der Waals surface area (Å²) in [5.41, 5.74) is 5.17.